The lowest BCUT2D eigenvalue weighted by Crippen LogP contribution is -2.45. The van der Waals surface area contributed by atoms with Gasteiger partial charge in [0.05, 0.1) is 5.56 Å². The maximum Gasteiger partial charge on any atom is 0.407 e. The molecule has 1 amide bonds. The molecule has 1 aromatic rings. The second-order valence-corrected chi connectivity index (χ2v) is 4.80. The van der Waals surface area contributed by atoms with Crippen molar-refractivity contribution < 1.29 is 19.4 Å². The highest BCUT2D eigenvalue weighted by atomic mass is 16.5. The number of benzene rings is 1. The predicted molar refractivity (Wildman–Crippen MR) is 69.0 cm³/mol. The minimum atomic E-state index is -0.917. The molecule has 102 valence electrons. The van der Waals surface area contributed by atoms with Gasteiger partial charge in [0.15, 0.2) is 0 Å². The van der Waals surface area contributed by atoms with Gasteiger partial charge in [-0.3, -0.25) is 0 Å². The zero-order chi connectivity index (χ0) is 13.8. The molecule has 19 heavy (non-hydrogen) atoms. The van der Waals surface area contributed by atoms with Crippen LogP contribution in [0.1, 0.15) is 23.7 Å². The summed E-state index contributed by atoms with van der Waals surface area (Å²) >= 11 is 0. The summed E-state index contributed by atoms with van der Waals surface area (Å²) < 4.78 is 5.46. The van der Waals surface area contributed by atoms with Gasteiger partial charge in [0, 0.05) is 25.4 Å². The highest BCUT2D eigenvalue weighted by Crippen LogP contribution is 2.21. The normalized spacial score (nSPS) is 22.9. The van der Waals surface area contributed by atoms with Crippen LogP contribution in [0.2, 0.25) is 0 Å². The Bertz CT molecular complexity index is 460. The van der Waals surface area contributed by atoms with Crippen molar-refractivity contribution in [1.82, 2.24) is 4.90 Å². The quantitative estimate of drug-likeness (QED) is 0.831. The first-order chi connectivity index (χ1) is 9.08. The Kier molecular flexibility index (Phi) is 4.04. The van der Waals surface area contributed by atoms with Crippen molar-refractivity contribution in [2.24, 2.45) is 5.92 Å². The smallest absolute Gasteiger partial charge is 0.407 e. The summed E-state index contributed by atoms with van der Waals surface area (Å²) in [5.74, 6) is -0.335. The SMILES string of the molecule is CC1CN(C(=O)O)CC[C@@H]1OC(=O)c1ccccc1. The molecule has 1 aromatic carbocycles. The number of hydrogen-bond acceptors (Lipinski definition) is 3. The van der Waals surface area contributed by atoms with Crippen LogP contribution >= 0.6 is 0 Å². The van der Waals surface area contributed by atoms with Gasteiger partial charge in [-0.2, -0.15) is 0 Å². The monoisotopic (exact) mass is 263 g/mol. The minimum Gasteiger partial charge on any atom is -0.465 e. The molecular weight excluding hydrogens is 246 g/mol. The lowest BCUT2D eigenvalue weighted by atomic mass is 9.96. The number of amides is 1. The van der Waals surface area contributed by atoms with Gasteiger partial charge in [-0.15, -0.1) is 0 Å². The minimum absolute atomic E-state index is 0.0116. The average molecular weight is 263 g/mol. The molecule has 1 fully saturated rings. The fourth-order valence-corrected chi connectivity index (χ4v) is 2.25. The number of ether oxygens (including phenoxy) is 1. The Morgan fingerprint density at radius 1 is 1.32 bits per heavy atom. The molecule has 0 spiro atoms. The molecule has 0 saturated carbocycles. The molecule has 1 aliphatic heterocycles. The highest BCUT2D eigenvalue weighted by molar-refractivity contribution is 5.89. The van der Waals surface area contributed by atoms with E-state index < -0.39 is 6.09 Å². The van der Waals surface area contributed by atoms with Crippen LogP contribution in [0.5, 0.6) is 0 Å². The van der Waals surface area contributed by atoms with E-state index in [0.717, 1.165) is 0 Å². The third-order valence-electron chi connectivity index (χ3n) is 3.37. The van der Waals surface area contributed by atoms with E-state index in [1.54, 1.807) is 24.3 Å². The first kappa shape index (κ1) is 13.4. The van der Waals surface area contributed by atoms with E-state index in [-0.39, 0.29) is 18.0 Å². The third kappa shape index (κ3) is 3.24. The summed E-state index contributed by atoms with van der Waals surface area (Å²) in [6.07, 6.45) is -0.588. The summed E-state index contributed by atoms with van der Waals surface area (Å²) in [6.45, 7) is 2.71. The molecular formula is C14H17NO4. The summed E-state index contributed by atoms with van der Waals surface area (Å²) in [4.78, 5) is 24.1. The van der Waals surface area contributed by atoms with Crippen molar-refractivity contribution >= 4 is 12.1 Å². The Labute approximate surface area is 111 Å². The van der Waals surface area contributed by atoms with Crippen molar-refractivity contribution in [3.63, 3.8) is 0 Å². The van der Waals surface area contributed by atoms with Crippen LogP contribution in [-0.4, -0.2) is 41.3 Å². The molecule has 1 heterocycles. The Morgan fingerprint density at radius 2 is 2.00 bits per heavy atom. The first-order valence-corrected chi connectivity index (χ1v) is 6.32. The van der Waals surface area contributed by atoms with E-state index in [9.17, 15) is 9.59 Å². The van der Waals surface area contributed by atoms with Gasteiger partial charge in [0.1, 0.15) is 6.10 Å². The maximum absolute atomic E-state index is 11.9. The summed E-state index contributed by atoms with van der Waals surface area (Å²) in [5, 5.41) is 8.92. The van der Waals surface area contributed by atoms with Gasteiger partial charge in [0.25, 0.3) is 0 Å². The van der Waals surface area contributed by atoms with E-state index in [1.807, 2.05) is 13.0 Å². The van der Waals surface area contributed by atoms with Crippen LogP contribution in [0.25, 0.3) is 0 Å². The van der Waals surface area contributed by atoms with Crippen LogP contribution in [0.15, 0.2) is 30.3 Å². The molecule has 2 atom stereocenters. The van der Waals surface area contributed by atoms with Crippen molar-refractivity contribution in [1.29, 1.82) is 0 Å². The van der Waals surface area contributed by atoms with E-state index >= 15 is 0 Å². The van der Waals surface area contributed by atoms with Crippen LogP contribution < -0.4 is 0 Å². The van der Waals surface area contributed by atoms with E-state index in [0.29, 0.717) is 25.1 Å². The van der Waals surface area contributed by atoms with Crippen molar-refractivity contribution in [3.05, 3.63) is 35.9 Å². The molecule has 2 rings (SSSR count). The van der Waals surface area contributed by atoms with Gasteiger partial charge >= 0.3 is 12.1 Å². The number of carboxylic acid groups (broad SMARTS) is 1. The van der Waals surface area contributed by atoms with Gasteiger partial charge in [-0.1, -0.05) is 25.1 Å². The van der Waals surface area contributed by atoms with Crippen molar-refractivity contribution in [3.8, 4) is 0 Å². The Morgan fingerprint density at radius 3 is 2.58 bits per heavy atom. The summed E-state index contributed by atoms with van der Waals surface area (Å²) in [7, 11) is 0. The first-order valence-electron chi connectivity index (χ1n) is 6.32. The van der Waals surface area contributed by atoms with Crippen molar-refractivity contribution in [2.75, 3.05) is 13.1 Å². The molecule has 1 N–H and O–H groups in total. The second-order valence-electron chi connectivity index (χ2n) is 4.80. The van der Waals surface area contributed by atoms with E-state index in [1.165, 1.54) is 4.90 Å². The molecule has 0 aromatic heterocycles. The number of hydrogen-bond donors (Lipinski definition) is 1. The fraction of sp³-hybridized carbons (Fsp3) is 0.429. The molecule has 5 nitrogen and oxygen atoms in total. The van der Waals surface area contributed by atoms with E-state index in [4.69, 9.17) is 9.84 Å². The third-order valence-corrected chi connectivity index (χ3v) is 3.37. The molecule has 1 saturated heterocycles. The van der Waals surface area contributed by atoms with Gasteiger partial charge in [-0.05, 0) is 12.1 Å². The number of likely N-dealkylation sites (tertiary alicyclic amines) is 1. The Balaban J connectivity index is 1.94. The second kappa shape index (κ2) is 5.73. The van der Waals surface area contributed by atoms with Gasteiger partial charge in [-0.25, -0.2) is 9.59 Å². The van der Waals surface area contributed by atoms with Crippen molar-refractivity contribution in [2.45, 2.75) is 19.4 Å². The standard InChI is InChI=1S/C14H17NO4/c1-10-9-15(14(17)18)8-7-12(10)19-13(16)11-5-3-2-4-6-11/h2-6,10,12H,7-9H2,1H3,(H,17,18)/t10?,12-/m0/s1. The molecule has 0 aliphatic carbocycles. The van der Waals surface area contributed by atoms with Crippen LogP contribution in [0, 0.1) is 5.92 Å². The molecule has 1 aliphatic rings. The Hall–Kier alpha value is -2.04. The number of carbonyl (C=O) groups is 2. The number of esters is 1. The number of piperidine rings is 1. The topological polar surface area (TPSA) is 66.8 Å². The zero-order valence-electron chi connectivity index (χ0n) is 10.8. The largest absolute Gasteiger partial charge is 0.465 e. The molecule has 1 unspecified atom stereocenters. The fourth-order valence-electron chi connectivity index (χ4n) is 2.25. The number of rotatable bonds is 2. The van der Waals surface area contributed by atoms with E-state index in [2.05, 4.69) is 0 Å². The molecule has 5 heteroatoms. The lowest BCUT2D eigenvalue weighted by molar-refractivity contribution is -0.00759. The van der Waals surface area contributed by atoms with Crippen LogP contribution in [0.4, 0.5) is 4.79 Å². The molecule has 0 bridgehead atoms. The predicted octanol–water partition coefficient (Wildman–Crippen LogP) is 2.23. The van der Waals surface area contributed by atoms with Crippen LogP contribution in [-0.2, 0) is 4.74 Å². The lowest BCUT2D eigenvalue weighted by Gasteiger charge is -2.34. The number of nitrogens with zero attached hydrogens (tertiary/aromatic N) is 1. The average Bonchev–Trinajstić information content (AvgIpc) is 2.41. The highest BCUT2D eigenvalue weighted by Gasteiger charge is 2.31. The van der Waals surface area contributed by atoms with Gasteiger partial charge < -0.3 is 14.7 Å². The maximum atomic E-state index is 11.9. The van der Waals surface area contributed by atoms with Gasteiger partial charge in [0.2, 0.25) is 0 Å². The summed E-state index contributed by atoms with van der Waals surface area (Å²) in [6, 6.07) is 8.82. The van der Waals surface area contributed by atoms with Crippen LogP contribution in [0.3, 0.4) is 0 Å². The molecule has 0 radical (unpaired) electrons. The number of carbonyl (C=O) groups excluding carboxylic acids is 1. The summed E-state index contributed by atoms with van der Waals surface area (Å²) in [5.41, 5.74) is 0.523. The zero-order valence-corrected chi connectivity index (χ0v) is 10.8.